The van der Waals surface area contributed by atoms with Crippen LogP contribution in [0.3, 0.4) is 0 Å². The van der Waals surface area contributed by atoms with Gasteiger partial charge in [-0.25, -0.2) is 0 Å². The molecule has 10 heteroatoms. The van der Waals surface area contributed by atoms with Crippen LogP contribution in [-0.2, 0) is 32.7 Å². The lowest BCUT2D eigenvalue weighted by molar-refractivity contribution is -0.870. The van der Waals surface area contributed by atoms with Crippen molar-refractivity contribution in [2.45, 2.75) is 264 Å². The number of hydrogen-bond donors (Lipinski definition) is 0. The molecule has 0 saturated carbocycles. The van der Waals surface area contributed by atoms with Crippen molar-refractivity contribution in [3.8, 4) is 0 Å². The highest BCUT2D eigenvalue weighted by atomic mass is 31.2. The van der Waals surface area contributed by atoms with Gasteiger partial charge in [-0.1, -0.05) is 240 Å². The summed E-state index contributed by atoms with van der Waals surface area (Å²) < 4.78 is 34.2. The molecule has 9 nitrogen and oxygen atoms in total. The molecule has 2 unspecified atom stereocenters. The minimum Gasteiger partial charge on any atom is -0.756 e. The van der Waals surface area contributed by atoms with Gasteiger partial charge < -0.3 is 27.9 Å². The number of phosphoric acid groups is 1. The standard InChI is InChI=1S/C64H114NO8P/c1-6-8-10-12-14-16-18-20-22-24-26-28-30-31-32-33-35-37-39-41-43-45-47-49-51-53-55-57-64(67)73-62(61-72-74(68,69)71-59-58-65(3,4)5)60-70-63(66)56-54-52-50-48-46-44-42-40-38-36-34-29-27-25-23-21-19-17-15-13-11-9-7-2/h8,10,14,16,19-22,25-28,31-32,62H,6-7,9,11-13,15,17-18,23-24,29-30,33-61H2,1-5H3/b10-8-,16-14-,21-19-,22-20-,27-25-,28-26-,32-31-. The van der Waals surface area contributed by atoms with Crippen molar-refractivity contribution in [3.05, 3.63) is 85.1 Å². The second-order valence-electron chi connectivity index (χ2n) is 21.3. The Balaban J connectivity index is 4.16. The summed E-state index contributed by atoms with van der Waals surface area (Å²) in [5.41, 5.74) is 0. The molecule has 74 heavy (non-hydrogen) atoms. The van der Waals surface area contributed by atoms with E-state index in [1.54, 1.807) is 0 Å². The van der Waals surface area contributed by atoms with Crippen LogP contribution in [0, 0.1) is 0 Å². The van der Waals surface area contributed by atoms with Crippen LogP contribution in [0.4, 0.5) is 0 Å². The second-order valence-corrected chi connectivity index (χ2v) is 22.7. The number of carbonyl (C=O) groups excluding carboxylic acids is 2. The van der Waals surface area contributed by atoms with E-state index in [-0.39, 0.29) is 32.0 Å². The Morgan fingerprint density at radius 2 is 0.770 bits per heavy atom. The summed E-state index contributed by atoms with van der Waals surface area (Å²) >= 11 is 0. The fourth-order valence-electron chi connectivity index (χ4n) is 8.24. The molecule has 0 saturated heterocycles. The number of phosphoric ester groups is 1. The maximum Gasteiger partial charge on any atom is 0.306 e. The Morgan fingerprint density at radius 3 is 1.15 bits per heavy atom. The average Bonchev–Trinajstić information content (AvgIpc) is 3.36. The minimum atomic E-state index is -4.64. The van der Waals surface area contributed by atoms with Crippen molar-refractivity contribution in [2.75, 3.05) is 47.5 Å². The van der Waals surface area contributed by atoms with Crippen LogP contribution in [0.5, 0.6) is 0 Å². The van der Waals surface area contributed by atoms with Gasteiger partial charge in [0, 0.05) is 12.8 Å². The van der Waals surface area contributed by atoms with E-state index < -0.39 is 26.5 Å². The molecule has 0 aliphatic rings. The quantitative estimate of drug-likeness (QED) is 0.0195. The van der Waals surface area contributed by atoms with Gasteiger partial charge >= 0.3 is 11.9 Å². The van der Waals surface area contributed by atoms with Crippen LogP contribution in [-0.4, -0.2) is 70.0 Å². The number of allylic oxidation sites excluding steroid dienone is 14. The monoisotopic (exact) mass is 1060 g/mol. The number of unbranched alkanes of at least 4 members (excludes halogenated alkanes) is 27. The first-order chi connectivity index (χ1) is 36.0. The van der Waals surface area contributed by atoms with E-state index in [1.165, 1.54) is 141 Å². The molecule has 0 heterocycles. The third-order valence-corrected chi connectivity index (χ3v) is 13.9. The number of likely N-dealkylation sites (N-methyl/N-ethyl adjacent to an activating group) is 1. The fourth-order valence-corrected chi connectivity index (χ4v) is 8.97. The van der Waals surface area contributed by atoms with Gasteiger partial charge in [-0.2, -0.15) is 0 Å². The largest absolute Gasteiger partial charge is 0.756 e. The molecule has 0 rings (SSSR count). The van der Waals surface area contributed by atoms with E-state index in [0.717, 1.165) is 83.5 Å². The van der Waals surface area contributed by atoms with E-state index in [1.807, 2.05) is 21.1 Å². The normalized spacial score (nSPS) is 13.9. The molecule has 0 aromatic carbocycles. The highest BCUT2D eigenvalue weighted by Crippen LogP contribution is 2.38. The molecule has 0 aromatic heterocycles. The van der Waals surface area contributed by atoms with E-state index in [9.17, 15) is 19.0 Å². The predicted octanol–water partition coefficient (Wildman–Crippen LogP) is 18.4. The molecule has 0 amide bonds. The van der Waals surface area contributed by atoms with Crippen LogP contribution in [0.2, 0.25) is 0 Å². The summed E-state index contributed by atoms with van der Waals surface area (Å²) in [7, 11) is 1.16. The predicted molar refractivity (Wildman–Crippen MR) is 314 cm³/mol. The van der Waals surface area contributed by atoms with Gasteiger partial charge in [0.1, 0.15) is 19.8 Å². The van der Waals surface area contributed by atoms with Gasteiger partial charge in [-0.05, 0) is 89.9 Å². The van der Waals surface area contributed by atoms with Gasteiger partial charge in [-0.3, -0.25) is 14.2 Å². The maximum absolute atomic E-state index is 12.8. The van der Waals surface area contributed by atoms with Gasteiger partial charge in [0.25, 0.3) is 7.82 Å². The molecule has 428 valence electrons. The van der Waals surface area contributed by atoms with Crippen molar-refractivity contribution in [3.63, 3.8) is 0 Å². The first-order valence-corrected chi connectivity index (χ1v) is 31.8. The van der Waals surface area contributed by atoms with E-state index in [4.69, 9.17) is 18.5 Å². The van der Waals surface area contributed by atoms with Crippen molar-refractivity contribution in [1.29, 1.82) is 0 Å². The fraction of sp³-hybridized carbons (Fsp3) is 0.750. The summed E-state index contributed by atoms with van der Waals surface area (Å²) in [4.78, 5) is 37.9. The molecular formula is C64H114NO8P. The highest BCUT2D eigenvalue weighted by molar-refractivity contribution is 7.45. The van der Waals surface area contributed by atoms with Gasteiger partial charge in [-0.15, -0.1) is 0 Å². The smallest absolute Gasteiger partial charge is 0.306 e. The summed E-state index contributed by atoms with van der Waals surface area (Å²) in [6.07, 6.45) is 73.4. The molecular weight excluding hydrogens is 942 g/mol. The van der Waals surface area contributed by atoms with Crippen LogP contribution in [0.15, 0.2) is 85.1 Å². The average molecular weight is 1060 g/mol. The zero-order valence-electron chi connectivity index (χ0n) is 48.5. The van der Waals surface area contributed by atoms with E-state index >= 15 is 0 Å². The van der Waals surface area contributed by atoms with Crippen molar-refractivity contribution >= 4 is 19.8 Å². The van der Waals surface area contributed by atoms with Gasteiger partial charge in [0.15, 0.2) is 6.10 Å². The summed E-state index contributed by atoms with van der Waals surface area (Å²) in [6.45, 7) is 4.13. The zero-order valence-corrected chi connectivity index (χ0v) is 49.4. The number of esters is 2. The second kappa shape index (κ2) is 55.0. The molecule has 0 aromatic rings. The number of ether oxygens (including phenoxy) is 2. The van der Waals surface area contributed by atoms with Gasteiger partial charge in [0.2, 0.25) is 0 Å². The van der Waals surface area contributed by atoms with Crippen LogP contribution in [0.25, 0.3) is 0 Å². The Labute approximate surface area is 456 Å². The molecule has 0 radical (unpaired) electrons. The van der Waals surface area contributed by atoms with Crippen molar-refractivity contribution < 1.29 is 42.1 Å². The Bertz CT molecular complexity index is 1520. The van der Waals surface area contributed by atoms with Crippen LogP contribution in [0.1, 0.15) is 258 Å². The highest BCUT2D eigenvalue weighted by Gasteiger charge is 2.22. The number of hydrogen-bond acceptors (Lipinski definition) is 8. The third kappa shape index (κ3) is 58.5. The summed E-state index contributed by atoms with van der Waals surface area (Å²) in [5.74, 6) is -0.837. The van der Waals surface area contributed by atoms with E-state index in [0.29, 0.717) is 17.4 Å². The number of nitrogens with zero attached hydrogens (tertiary/aromatic N) is 1. The Hall–Kier alpha value is -2.81. The van der Waals surface area contributed by atoms with E-state index in [2.05, 4.69) is 98.9 Å². The lowest BCUT2D eigenvalue weighted by atomic mass is 10.0. The van der Waals surface area contributed by atoms with Gasteiger partial charge in [0.05, 0.1) is 27.7 Å². The first kappa shape index (κ1) is 71.2. The number of rotatable bonds is 55. The SMILES string of the molecule is CC/C=C\C/C=C\C/C=C\C/C=C\C/C=C\CCCCCCCCCCCCCC(=O)OC(COC(=O)CCCCCCCCCCCCC/C=C\C/C=C\CCCCCCC)COP(=O)([O-])OCC[N+](C)(C)C. The molecule has 0 spiro atoms. The lowest BCUT2D eigenvalue weighted by Gasteiger charge is -2.28. The molecule has 0 aliphatic carbocycles. The molecule has 0 bridgehead atoms. The van der Waals surface area contributed by atoms with Crippen LogP contribution >= 0.6 is 7.82 Å². The number of carbonyl (C=O) groups is 2. The maximum atomic E-state index is 12.8. The van der Waals surface area contributed by atoms with Crippen LogP contribution < -0.4 is 4.89 Å². The summed E-state index contributed by atoms with van der Waals surface area (Å²) in [5, 5.41) is 0. The minimum absolute atomic E-state index is 0.0347. The third-order valence-electron chi connectivity index (χ3n) is 12.9. The Morgan fingerprint density at radius 1 is 0.432 bits per heavy atom. The zero-order chi connectivity index (χ0) is 54.2. The summed E-state index contributed by atoms with van der Waals surface area (Å²) in [6, 6.07) is 0. The first-order valence-electron chi connectivity index (χ1n) is 30.3. The van der Waals surface area contributed by atoms with Crippen molar-refractivity contribution in [1.82, 2.24) is 0 Å². The molecule has 0 fully saturated rings. The topological polar surface area (TPSA) is 111 Å². The van der Waals surface area contributed by atoms with Crippen molar-refractivity contribution in [2.24, 2.45) is 0 Å². The molecule has 0 N–H and O–H groups in total. The molecule has 2 atom stereocenters. The molecule has 0 aliphatic heterocycles. The number of quaternary nitrogens is 1. The lowest BCUT2D eigenvalue weighted by Crippen LogP contribution is -2.37. The Kier molecular flexibility index (Phi) is 52.9.